The molecule has 0 fully saturated rings. The fourth-order valence-electron chi connectivity index (χ4n) is 4.14. The Morgan fingerprint density at radius 3 is 2.22 bits per heavy atom. The third kappa shape index (κ3) is 5.61. The van der Waals surface area contributed by atoms with Crippen molar-refractivity contribution >= 4 is 17.9 Å². The predicted octanol–water partition coefficient (Wildman–Crippen LogP) is 5.63. The minimum Gasteiger partial charge on any atom is -0.493 e. The summed E-state index contributed by atoms with van der Waals surface area (Å²) in [5.41, 5.74) is 3.99. The quantitative estimate of drug-likeness (QED) is 0.320. The van der Waals surface area contributed by atoms with E-state index in [1.807, 2.05) is 0 Å². The molecular formula is C29H37N3O4. The first-order valence-corrected chi connectivity index (χ1v) is 12.5. The van der Waals surface area contributed by atoms with E-state index in [0.29, 0.717) is 30.5 Å². The number of carbonyl (C=O) groups is 2. The summed E-state index contributed by atoms with van der Waals surface area (Å²) in [6.07, 6.45) is 3.36. The summed E-state index contributed by atoms with van der Waals surface area (Å²) in [5.74, 6) is -0.549. The van der Waals surface area contributed by atoms with Crippen molar-refractivity contribution in [2.45, 2.75) is 78.1 Å². The van der Waals surface area contributed by atoms with Gasteiger partial charge in [0.25, 0.3) is 5.56 Å². The summed E-state index contributed by atoms with van der Waals surface area (Å²) < 4.78 is 1.12. The number of hydrogen-bond acceptors (Lipinski definition) is 4. The zero-order valence-electron chi connectivity index (χ0n) is 22.1. The Kier molecular flexibility index (Phi) is 7.92. The Morgan fingerprint density at radius 1 is 1.03 bits per heavy atom. The van der Waals surface area contributed by atoms with Crippen LogP contribution in [0.3, 0.4) is 0 Å². The van der Waals surface area contributed by atoms with Crippen LogP contribution >= 0.6 is 0 Å². The maximum absolute atomic E-state index is 12.7. The third-order valence-corrected chi connectivity index (χ3v) is 7.45. The van der Waals surface area contributed by atoms with Crippen LogP contribution in [0.15, 0.2) is 47.3 Å². The van der Waals surface area contributed by atoms with Gasteiger partial charge in [0.05, 0.1) is 5.69 Å². The third-order valence-electron chi connectivity index (χ3n) is 7.45. The summed E-state index contributed by atoms with van der Waals surface area (Å²) in [6.45, 7) is 13.4. The van der Waals surface area contributed by atoms with Gasteiger partial charge in [-0.25, -0.2) is 4.68 Å². The van der Waals surface area contributed by atoms with E-state index >= 15 is 0 Å². The van der Waals surface area contributed by atoms with E-state index < -0.39 is 11.4 Å². The van der Waals surface area contributed by atoms with Gasteiger partial charge in [0.15, 0.2) is 6.29 Å². The number of aromatic amines is 1. The normalized spacial score (nSPS) is 11.9. The van der Waals surface area contributed by atoms with E-state index in [9.17, 15) is 19.5 Å². The van der Waals surface area contributed by atoms with Gasteiger partial charge in [-0.1, -0.05) is 59.7 Å². The maximum atomic E-state index is 12.7. The van der Waals surface area contributed by atoms with Gasteiger partial charge in [-0.2, -0.15) is 0 Å². The number of aromatic hydroxyl groups is 1. The van der Waals surface area contributed by atoms with Gasteiger partial charge in [0.1, 0.15) is 5.56 Å². The number of nitrogens with one attached hydrogen (secondary N) is 2. The van der Waals surface area contributed by atoms with E-state index in [1.165, 1.54) is 16.7 Å². The van der Waals surface area contributed by atoms with E-state index in [2.05, 4.69) is 70.2 Å². The van der Waals surface area contributed by atoms with Crippen molar-refractivity contribution in [3.63, 3.8) is 0 Å². The standard InChI is InChI=1S/C29H37N3O4/c1-7-28(3,4)20-11-9-19(24(17-20)29(5,6)8-2)10-16-25(34)30-21-12-14-22(15-13-21)32-27(36)23(18-33)26(35)31-32/h9,11-15,17-18,36H,7-8,10,16H2,1-6H3,(H,30,34)(H,31,35). The van der Waals surface area contributed by atoms with Crippen molar-refractivity contribution < 1.29 is 14.7 Å². The second kappa shape index (κ2) is 10.6. The Balaban J connectivity index is 1.73. The molecule has 0 bridgehead atoms. The zero-order chi connectivity index (χ0) is 26.7. The molecule has 2 aromatic carbocycles. The molecule has 1 aromatic heterocycles. The number of aldehydes is 1. The van der Waals surface area contributed by atoms with E-state index in [-0.39, 0.29) is 22.3 Å². The number of amides is 1. The van der Waals surface area contributed by atoms with Gasteiger partial charge in [-0.05, 0) is 71.0 Å². The van der Waals surface area contributed by atoms with Crippen LogP contribution in [-0.2, 0) is 22.0 Å². The Hall–Kier alpha value is -3.61. The molecule has 3 aromatic rings. The van der Waals surface area contributed by atoms with Gasteiger partial charge in [-0.15, -0.1) is 0 Å². The van der Waals surface area contributed by atoms with Gasteiger partial charge < -0.3 is 10.4 Å². The van der Waals surface area contributed by atoms with Crippen molar-refractivity contribution in [3.8, 4) is 11.6 Å². The minimum atomic E-state index is -0.670. The maximum Gasteiger partial charge on any atom is 0.279 e. The smallest absolute Gasteiger partial charge is 0.279 e. The molecule has 0 aliphatic rings. The van der Waals surface area contributed by atoms with Gasteiger partial charge >= 0.3 is 0 Å². The molecule has 0 saturated heterocycles. The molecule has 1 amide bonds. The minimum absolute atomic E-state index is 0.0101. The topological polar surface area (TPSA) is 104 Å². The highest BCUT2D eigenvalue weighted by molar-refractivity contribution is 5.91. The summed E-state index contributed by atoms with van der Waals surface area (Å²) in [4.78, 5) is 35.4. The fraction of sp³-hybridized carbons (Fsp3) is 0.414. The van der Waals surface area contributed by atoms with Gasteiger partial charge in [0.2, 0.25) is 11.8 Å². The number of benzene rings is 2. The van der Waals surface area contributed by atoms with Crippen LogP contribution in [0.25, 0.3) is 5.69 Å². The van der Waals surface area contributed by atoms with Crippen LogP contribution in [0, 0.1) is 0 Å². The van der Waals surface area contributed by atoms with Crippen LogP contribution in [0.5, 0.6) is 5.88 Å². The molecule has 3 rings (SSSR count). The van der Waals surface area contributed by atoms with E-state index in [4.69, 9.17) is 0 Å². The largest absolute Gasteiger partial charge is 0.493 e. The summed E-state index contributed by atoms with van der Waals surface area (Å²) in [5, 5.41) is 15.4. The molecular weight excluding hydrogens is 454 g/mol. The molecule has 36 heavy (non-hydrogen) atoms. The first-order chi connectivity index (χ1) is 16.9. The van der Waals surface area contributed by atoms with Crippen molar-refractivity contribution in [3.05, 3.63) is 75.1 Å². The molecule has 192 valence electrons. The summed E-state index contributed by atoms with van der Waals surface area (Å²) >= 11 is 0. The summed E-state index contributed by atoms with van der Waals surface area (Å²) in [7, 11) is 0. The van der Waals surface area contributed by atoms with Crippen LogP contribution in [0.4, 0.5) is 5.69 Å². The molecule has 0 aliphatic carbocycles. The first kappa shape index (κ1) is 27.0. The second-order valence-corrected chi connectivity index (χ2v) is 10.6. The van der Waals surface area contributed by atoms with Gasteiger partial charge in [-0.3, -0.25) is 19.5 Å². The highest BCUT2D eigenvalue weighted by Gasteiger charge is 2.26. The SMILES string of the molecule is CCC(C)(C)c1ccc(CCC(=O)Nc2ccc(-n3[nH]c(=O)c(C=O)c3O)cc2)c(C(C)(C)CC)c1. The molecule has 1 heterocycles. The summed E-state index contributed by atoms with van der Waals surface area (Å²) in [6, 6.07) is 13.3. The second-order valence-electron chi connectivity index (χ2n) is 10.6. The number of hydrogen-bond donors (Lipinski definition) is 3. The van der Waals surface area contributed by atoms with Crippen LogP contribution in [-0.4, -0.2) is 27.1 Å². The van der Waals surface area contributed by atoms with Crippen LogP contribution in [0.2, 0.25) is 0 Å². The fourth-order valence-corrected chi connectivity index (χ4v) is 4.14. The van der Waals surface area contributed by atoms with Crippen molar-refractivity contribution in [2.24, 2.45) is 0 Å². The highest BCUT2D eigenvalue weighted by Crippen LogP contribution is 2.35. The Morgan fingerprint density at radius 2 is 1.67 bits per heavy atom. The average Bonchev–Trinajstić information content (AvgIpc) is 3.15. The van der Waals surface area contributed by atoms with Crippen LogP contribution in [0.1, 0.15) is 87.9 Å². The number of aromatic nitrogens is 2. The number of carbonyl (C=O) groups excluding carboxylic acids is 2. The molecule has 0 unspecified atom stereocenters. The highest BCUT2D eigenvalue weighted by atomic mass is 16.3. The molecule has 0 aliphatic heterocycles. The van der Waals surface area contributed by atoms with E-state index in [0.717, 1.165) is 17.5 Å². The zero-order valence-corrected chi connectivity index (χ0v) is 22.1. The number of anilines is 1. The molecule has 0 radical (unpaired) electrons. The van der Waals surface area contributed by atoms with Gasteiger partial charge in [0, 0.05) is 12.1 Å². The molecule has 0 atom stereocenters. The lowest BCUT2D eigenvalue weighted by atomic mass is 9.74. The lowest BCUT2D eigenvalue weighted by molar-refractivity contribution is -0.116. The molecule has 0 spiro atoms. The predicted molar refractivity (Wildman–Crippen MR) is 143 cm³/mol. The molecule has 3 N–H and O–H groups in total. The number of H-pyrrole nitrogens is 1. The first-order valence-electron chi connectivity index (χ1n) is 12.5. The lowest BCUT2D eigenvalue weighted by Gasteiger charge is -2.31. The van der Waals surface area contributed by atoms with Crippen molar-refractivity contribution in [2.75, 3.05) is 5.32 Å². The van der Waals surface area contributed by atoms with E-state index in [1.54, 1.807) is 24.3 Å². The van der Waals surface area contributed by atoms with Crippen LogP contribution < -0.4 is 10.9 Å². The Labute approximate surface area is 212 Å². The monoisotopic (exact) mass is 491 g/mol. The average molecular weight is 492 g/mol. The lowest BCUT2D eigenvalue weighted by Crippen LogP contribution is -2.22. The molecule has 7 heteroatoms. The van der Waals surface area contributed by atoms with Crippen molar-refractivity contribution in [1.82, 2.24) is 9.78 Å². The number of rotatable bonds is 10. The number of aryl methyl sites for hydroxylation is 1. The van der Waals surface area contributed by atoms with Crippen molar-refractivity contribution in [1.29, 1.82) is 0 Å². The molecule has 0 saturated carbocycles. The number of nitrogens with zero attached hydrogens (tertiary/aromatic N) is 1. The molecule has 7 nitrogen and oxygen atoms in total. The Bertz CT molecular complexity index is 1300.